The standard InChI is InChI=1S/C30H22Cl2FN3O4/c31-21-7-5-20(24(33)14-21)17-39-29-3-1-2-25(34-29)19-6-9-28(23(32)13-19)40-30-35-26-8-4-18(16-37)12-27(26)36(30)15-22-10-11-38-22/h1-9,12-14,16,22H,10-11,15,17H2. The minimum atomic E-state index is -0.441. The van der Waals surface area contributed by atoms with Crippen LogP contribution in [-0.2, 0) is 17.9 Å². The Labute approximate surface area is 239 Å². The SMILES string of the molecule is O=Cc1ccc2nc(Oc3ccc(-c4cccc(OCc5ccc(Cl)cc5F)n4)cc3Cl)n(CC3CCO3)c2c1. The van der Waals surface area contributed by atoms with Crippen molar-refractivity contribution in [2.24, 2.45) is 0 Å². The van der Waals surface area contributed by atoms with Gasteiger partial charge in [-0.2, -0.15) is 4.98 Å². The molecule has 2 aromatic heterocycles. The molecule has 7 nitrogen and oxygen atoms in total. The van der Waals surface area contributed by atoms with E-state index in [0.717, 1.165) is 30.4 Å². The van der Waals surface area contributed by atoms with Crippen molar-refractivity contribution in [3.8, 4) is 28.9 Å². The van der Waals surface area contributed by atoms with Crippen LogP contribution in [0.15, 0.2) is 72.8 Å². The number of carbonyl (C=O) groups excluding carboxylic acids is 1. The maximum absolute atomic E-state index is 14.1. The van der Waals surface area contributed by atoms with Gasteiger partial charge in [0.05, 0.1) is 34.4 Å². The largest absolute Gasteiger partial charge is 0.473 e. The maximum atomic E-state index is 14.1. The van der Waals surface area contributed by atoms with Crippen molar-refractivity contribution in [2.75, 3.05) is 6.61 Å². The van der Waals surface area contributed by atoms with Crippen LogP contribution in [0.5, 0.6) is 17.6 Å². The Kier molecular flexibility index (Phi) is 7.38. The summed E-state index contributed by atoms with van der Waals surface area (Å²) in [4.78, 5) is 20.5. The Morgan fingerprint density at radius 3 is 2.67 bits per heavy atom. The van der Waals surface area contributed by atoms with E-state index in [2.05, 4.69) is 9.97 Å². The second-order valence-corrected chi connectivity index (χ2v) is 10.1. The van der Waals surface area contributed by atoms with Crippen LogP contribution < -0.4 is 9.47 Å². The Morgan fingerprint density at radius 2 is 1.93 bits per heavy atom. The van der Waals surface area contributed by atoms with Gasteiger partial charge in [-0.1, -0.05) is 35.3 Å². The summed E-state index contributed by atoms with van der Waals surface area (Å²) in [5.74, 6) is 0.312. The first-order chi connectivity index (χ1) is 19.5. The maximum Gasteiger partial charge on any atom is 0.303 e. The van der Waals surface area contributed by atoms with E-state index in [1.807, 2.05) is 16.7 Å². The van der Waals surface area contributed by atoms with E-state index in [-0.39, 0.29) is 12.7 Å². The van der Waals surface area contributed by atoms with Gasteiger partial charge in [0.15, 0.2) is 0 Å². The molecular formula is C30H22Cl2FN3O4. The molecule has 1 aliphatic rings. The molecule has 0 N–H and O–H groups in total. The molecule has 0 amide bonds. The van der Waals surface area contributed by atoms with E-state index in [4.69, 9.17) is 37.4 Å². The second kappa shape index (κ2) is 11.3. The fraction of sp³-hybridized carbons (Fsp3) is 0.167. The van der Waals surface area contributed by atoms with Crippen LogP contribution in [0, 0.1) is 5.82 Å². The molecule has 6 rings (SSSR count). The van der Waals surface area contributed by atoms with Crippen molar-refractivity contribution in [3.63, 3.8) is 0 Å². The number of fused-ring (bicyclic) bond motifs is 1. The van der Waals surface area contributed by atoms with Crippen molar-refractivity contribution >= 4 is 40.5 Å². The predicted octanol–water partition coefficient (Wildman–Crippen LogP) is 7.52. The van der Waals surface area contributed by atoms with Crippen LogP contribution in [-0.4, -0.2) is 33.5 Å². The third-order valence-electron chi connectivity index (χ3n) is 6.60. The summed E-state index contributed by atoms with van der Waals surface area (Å²) in [7, 11) is 0. The molecule has 1 atom stereocenters. The van der Waals surface area contributed by atoms with Gasteiger partial charge < -0.3 is 14.2 Å². The zero-order valence-corrected chi connectivity index (χ0v) is 22.5. The molecule has 0 radical (unpaired) electrons. The molecule has 3 aromatic carbocycles. The molecule has 1 saturated heterocycles. The number of rotatable bonds is 9. The smallest absolute Gasteiger partial charge is 0.303 e. The molecular weight excluding hydrogens is 556 g/mol. The van der Waals surface area contributed by atoms with Gasteiger partial charge in [-0.05, 0) is 61.0 Å². The number of halogens is 3. The summed E-state index contributed by atoms with van der Waals surface area (Å²) < 4.78 is 33.5. The number of hydrogen-bond acceptors (Lipinski definition) is 6. The van der Waals surface area contributed by atoms with Crippen LogP contribution >= 0.6 is 23.2 Å². The monoisotopic (exact) mass is 577 g/mol. The van der Waals surface area contributed by atoms with E-state index in [1.165, 1.54) is 6.07 Å². The zero-order chi connectivity index (χ0) is 27.6. The van der Waals surface area contributed by atoms with Gasteiger partial charge in [0.1, 0.15) is 24.5 Å². The topological polar surface area (TPSA) is 75.5 Å². The molecule has 1 fully saturated rings. The fourth-order valence-electron chi connectivity index (χ4n) is 4.37. The fourth-order valence-corrected chi connectivity index (χ4v) is 4.74. The van der Waals surface area contributed by atoms with Crippen LogP contribution in [0.25, 0.3) is 22.3 Å². The van der Waals surface area contributed by atoms with Gasteiger partial charge in [0.25, 0.3) is 0 Å². The Morgan fingerprint density at radius 1 is 1.05 bits per heavy atom. The van der Waals surface area contributed by atoms with Crippen molar-refractivity contribution in [2.45, 2.75) is 25.7 Å². The summed E-state index contributed by atoms with van der Waals surface area (Å²) >= 11 is 12.5. The third kappa shape index (κ3) is 5.51. The molecule has 3 heterocycles. The molecule has 0 spiro atoms. The number of aldehydes is 1. The third-order valence-corrected chi connectivity index (χ3v) is 7.13. The molecule has 40 heavy (non-hydrogen) atoms. The van der Waals surface area contributed by atoms with Crippen LogP contribution in [0.4, 0.5) is 4.39 Å². The van der Waals surface area contributed by atoms with Crippen LogP contribution in [0.3, 0.4) is 0 Å². The number of benzene rings is 3. The Balaban J connectivity index is 1.23. The average molecular weight is 578 g/mol. The molecule has 10 heteroatoms. The summed E-state index contributed by atoms with van der Waals surface area (Å²) in [6.07, 6.45) is 1.79. The highest BCUT2D eigenvalue weighted by molar-refractivity contribution is 6.32. The number of pyridine rings is 1. The van der Waals surface area contributed by atoms with E-state index in [9.17, 15) is 9.18 Å². The van der Waals surface area contributed by atoms with Gasteiger partial charge in [-0.3, -0.25) is 9.36 Å². The van der Waals surface area contributed by atoms with Crippen LogP contribution in [0.2, 0.25) is 10.0 Å². The average Bonchev–Trinajstić information content (AvgIpc) is 3.27. The highest BCUT2D eigenvalue weighted by Gasteiger charge is 2.23. The van der Waals surface area contributed by atoms with E-state index < -0.39 is 5.82 Å². The van der Waals surface area contributed by atoms with Crippen molar-refractivity contribution in [1.82, 2.24) is 14.5 Å². The minimum absolute atomic E-state index is 0.00816. The lowest BCUT2D eigenvalue weighted by Gasteiger charge is -2.27. The van der Waals surface area contributed by atoms with Gasteiger partial charge in [-0.25, -0.2) is 9.37 Å². The molecule has 5 aromatic rings. The minimum Gasteiger partial charge on any atom is -0.473 e. The highest BCUT2D eigenvalue weighted by atomic mass is 35.5. The van der Waals surface area contributed by atoms with Crippen molar-refractivity contribution in [3.05, 3.63) is 99.8 Å². The number of carbonyl (C=O) groups is 1. The first kappa shape index (κ1) is 26.3. The van der Waals surface area contributed by atoms with E-state index in [0.29, 0.717) is 56.6 Å². The number of ether oxygens (including phenoxy) is 3. The predicted molar refractivity (Wildman–Crippen MR) is 150 cm³/mol. The molecule has 202 valence electrons. The van der Waals surface area contributed by atoms with E-state index in [1.54, 1.807) is 54.6 Å². The highest BCUT2D eigenvalue weighted by Crippen LogP contribution is 2.35. The summed E-state index contributed by atoms with van der Waals surface area (Å²) in [6, 6.07) is 20.7. The van der Waals surface area contributed by atoms with Gasteiger partial charge in [0, 0.05) is 34.4 Å². The van der Waals surface area contributed by atoms with Gasteiger partial charge in [-0.15, -0.1) is 0 Å². The number of imidazole rings is 1. The number of hydrogen-bond donors (Lipinski definition) is 0. The Hall–Kier alpha value is -3.98. The first-order valence-electron chi connectivity index (χ1n) is 12.6. The second-order valence-electron chi connectivity index (χ2n) is 9.29. The quantitative estimate of drug-likeness (QED) is 0.169. The molecule has 1 aliphatic heterocycles. The van der Waals surface area contributed by atoms with Gasteiger partial charge >= 0.3 is 6.01 Å². The Bertz CT molecular complexity index is 1720. The lowest BCUT2D eigenvalue weighted by Crippen LogP contribution is -2.31. The van der Waals surface area contributed by atoms with Crippen molar-refractivity contribution < 1.29 is 23.4 Å². The van der Waals surface area contributed by atoms with Crippen molar-refractivity contribution in [1.29, 1.82) is 0 Å². The number of aromatic nitrogens is 3. The molecule has 0 aliphatic carbocycles. The lowest BCUT2D eigenvalue weighted by molar-refractivity contribution is -0.0593. The van der Waals surface area contributed by atoms with Gasteiger partial charge in [0.2, 0.25) is 5.88 Å². The summed E-state index contributed by atoms with van der Waals surface area (Å²) in [5, 5.41) is 0.684. The normalized spacial score (nSPS) is 14.6. The summed E-state index contributed by atoms with van der Waals surface area (Å²) in [6.45, 7) is 1.27. The van der Waals surface area contributed by atoms with E-state index >= 15 is 0 Å². The molecule has 0 saturated carbocycles. The molecule has 0 bridgehead atoms. The molecule has 1 unspecified atom stereocenters. The lowest BCUT2D eigenvalue weighted by atomic mass is 10.1. The number of nitrogens with zero attached hydrogens (tertiary/aromatic N) is 3. The zero-order valence-electron chi connectivity index (χ0n) is 21.0. The van der Waals surface area contributed by atoms with Crippen LogP contribution in [0.1, 0.15) is 22.3 Å². The summed E-state index contributed by atoms with van der Waals surface area (Å²) in [5.41, 5.74) is 3.77. The first-order valence-corrected chi connectivity index (χ1v) is 13.3.